The minimum Gasteiger partial charge on any atom is -0.339 e. The van der Waals surface area contributed by atoms with Crippen LogP contribution < -0.4 is 10.2 Å². The Labute approximate surface area is 188 Å². The van der Waals surface area contributed by atoms with Crippen LogP contribution in [0.15, 0.2) is 72.8 Å². The summed E-state index contributed by atoms with van der Waals surface area (Å²) in [5, 5.41) is 2.32. The van der Waals surface area contributed by atoms with E-state index in [1.807, 2.05) is 36.4 Å². The Morgan fingerprint density at radius 1 is 0.750 bits per heavy atom. The van der Waals surface area contributed by atoms with Gasteiger partial charge in [0.2, 0.25) is 0 Å². The Balaban J connectivity index is 1.38. The topological polar surface area (TPSA) is 24.3 Å². The van der Waals surface area contributed by atoms with Crippen LogP contribution >= 0.6 is 7.92 Å². The highest BCUT2D eigenvalue weighted by atomic mass is 31.1. The highest BCUT2D eigenvalue weighted by molar-refractivity contribution is 7.57. The fraction of sp³-hybridized carbons (Fsp3) is 0.280. The number of nitrogens with one attached hydrogen (secondary N) is 1. The Hall–Kier alpha value is -2.24. The summed E-state index contributed by atoms with van der Waals surface area (Å²) in [6.07, 6.45) is 3.19. The quantitative estimate of drug-likeness (QED) is 0.498. The first-order valence-corrected chi connectivity index (χ1v) is 12.8. The molecule has 1 aliphatic heterocycles. The highest BCUT2D eigenvalue weighted by Gasteiger charge is 2.29. The van der Waals surface area contributed by atoms with Gasteiger partial charge in [0.25, 0.3) is 0 Å². The van der Waals surface area contributed by atoms with E-state index in [1.54, 1.807) is 0 Å². The van der Waals surface area contributed by atoms with Crippen LogP contribution in [0, 0.1) is 17.5 Å². The lowest BCUT2D eigenvalue weighted by molar-refractivity contribution is -0.915. The number of rotatable bonds is 8. The standard InChI is InChI=1S/C25H27F3N3P/c26-23-7-1-20(2-8-23)13-29-16-32-18-30(14-21-3-9-24(27)10-4-21)17-31(19-32)15-22-5-11-25(28)12-6-22/h1-12,29H,13-19H2/p+2. The predicted octanol–water partition coefficient (Wildman–Crippen LogP) is 3.08. The van der Waals surface area contributed by atoms with Crippen molar-refractivity contribution in [3.63, 3.8) is 0 Å². The van der Waals surface area contributed by atoms with Crippen molar-refractivity contribution < 1.29 is 23.4 Å². The second-order valence-corrected chi connectivity index (χ2v) is 10.7. The zero-order valence-corrected chi connectivity index (χ0v) is 18.9. The summed E-state index contributed by atoms with van der Waals surface area (Å²) in [5.41, 5.74) is 3.37. The van der Waals surface area contributed by atoms with Gasteiger partial charge in [0.15, 0.2) is 0 Å². The van der Waals surface area contributed by atoms with Gasteiger partial charge in [-0.05, 0) is 42.0 Å². The Kier molecular flexibility index (Phi) is 7.93. The molecule has 0 bridgehead atoms. The Bertz CT molecular complexity index is 925. The molecule has 4 rings (SSSR count). The third-order valence-corrected chi connectivity index (χ3v) is 8.13. The van der Waals surface area contributed by atoms with Gasteiger partial charge in [-0.3, -0.25) is 0 Å². The number of hydrogen-bond donors (Lipinski definition) is 2. The molecule has 1 fully saturated rings. The zero-order chi connectivity index (χ0) is 22.3. The van der Waals surface area contributed by atoms with Gasteiger partial charge in [0, 0.05) is 31.9 Å². The molecule has 2 atom stereocenters. The molecule has 168 valence electrons. The van der Waals surface area contributed by atoms with E-state index in [4.69, 9.17) is 0 Å². The maximum atomic E-state index is 13.3. The van der Waals surface area contributed by atoms with Crippen LogP contribution in [-0.2, 0) is 19.6 Å². The van der Waals surface area contributed by atoms with Crippen molar-refractivity contribution in [1.82, 2.24) is 4.90 Å². The molecular weight excluding hydrogens is 430 g/mol. The molecule has 7 heteroatoms. The third kappa shape index (κ3) is 6.88. The monoisotopic (exact) mass is 459 g/mol. The van der Waals surface area contributed by atoms with Crippen LogP contribution in [0.25, 0.3) is 0 Å². The second kappa shape index (κ2) is 11.1. The number of nitrogens with two attached hydrogens (primary N) is 1. The fourth-order valence-corrected chi connectivity index (χ4v) is 6.63. The van der Waals surface area contributed by atoms with Crippen molar-refractivity contribution in [2.45, 2.75) is 19.6 Å². The van der Waals surface area contributed by atoms with Gasteiger partial charge in [-0.1, -0.05) is 36.4 Å². The maximum absolute atomic E-state index is 13.3. The molecule has 32 heavy (non-hydrogen) atoms. The molecule has 1 saturated heterocycles. The van der Waals surface area contributed by atoms with Crippen molar-refractivity contribution >= 4 is 7.92 Å². The van der Waals surface area contributed by atoms with E-state index < -0.39 is 0 Å². The Morgan fingerprint density at radius 3 is 1.88 bits per heavy atom. The largest absolute Gasteiger partial charge is 0.339 e. The summed E-state index contributed by atoms with van der Waals surface area (Å²) < 4.78 is 39.7. The summed E-state index contributed by atoms with van der Waals surface area (Å²) in [7, 11) is -0.247. The van der Waals surface area contributed by atoms with E-state index >= 15 is 0 Å². The van der Waals surface area contributed by atoms with Crippen LogP contribution in [0.3, 0.4) is 0 Å². The highest BCUT2D eigenvalue weighted by Crippen LogP contribution is 2.33. The molecule has 0 aromatic heterocycles. The molecule has 0 saturated carbocycles. The van der Waals surface area contributed by atoms with Gasteiger partial charge in [0.05, 0.1) is 0 Å². The summed E-state index contributed by atoms with van der Waals surface area (Å²) in [4.78, 5) is 3.92. The summed E-state index contributed by atoms with van der Waals surface area (Å²) in [6, 6.07) is 20.2. The van der Waals surface area contributed by atoms with Crippen LogP contribution in [0.1, 0.15) is 16.7 Å². The van der Waals surface area contributed by atoms with Gasteiger partial charge in [-0.25, -0.2) is 18.1 Å². The summed E-state index contributed by atoms with van der Waals surface area (Å²) >= 11 is 0. The van der Waals surface area contributed by atoms with E-state index in [2.05, 4.69) is 10.2 Å². The number of nitrogens with zero attached hydrogens (tertiary/aromatic N) is 1. The number of hydrogen-bond acceptors (Lipinski definition) is 1. The normalized spacial score (nSPS) is 19.2. The summed E-state index contributed by atoms with van der Waals surface area (Å²) in [6.45, 7) is 3.40. The van der Waals surface area contributed by atoms with Crippen molar-refractivity contribution in [2.24, 2.45) is 0 Å². The first-order chi connectivity index (χ1) is 15.5. The van der Waals surface area contributed by atoms with Crippen LogP contribution in [0.5, 0.6) is 0 Å². The van der Waals surface area contributed by atoms with Crippen LogP contribution in [0.2, 0.25) is 0 Å². The second-order valence-electron chi connectivity index (χ2n) is 8.44. The van der Waals surface area contributed by atoms with Gasteiger partial charge < -0.3 is 10.2 Å². The van der Waals surface area contributed by atoms with Crippen molar-refractivity contribution in [1.29, 1.82) is 0 Å². The van der Waals surface area contributed by atoms with Gasteiger partial charge in [-0.15, -0.1) is 0 Å². The van der Waals surface area contributed by atoms with E-state index in [1.165, 1.54) is 41.3 Å². The molecule has 3 N–H and O–H groups in total. The molecule has 3 aromatic carbocycles. The lowest BCUT2D eigenvalue weighted by Crippen LogP contribution is -3.13. The van der Waals surface area contributed by atoms with E-state index in [9.17, 15) is 13.2 Å². The molecule has 1 aliphatic rings. The molecular formula is C25H29F3N3P+2. The SMILES string of the molecule is Fc1ccc(C[NH2+]CP2CN(Cc3ccc(F)cc3)C[NH+](Cc3ccc(F)cc3)C2)cc1. The van der Waals surface area contributed by atoms with Crippen LogP contribution in [0.4, 0.5) is 13.2 Å². The molecule has 3 aromatic rings. The van der Waals surface area contributed by atoms with Crippen molar-refractivity contribution in [2.75, 3.05) is 25.5 Å². The molecule has 1 heterocycles. The predicted molar refractivity (Wildman–Crippen MR) is 121 cm³/mol. The van der Waals surface area contributed by atoms with Crippen molar-refractivity contribution in [3.8, 4) is 0 Å². The molecule has 0 radical (unpaired) electrons. The lowest BCUT2D eigenvalue weighted by Gasteiger charge is -2.37. The van der Waals surface area contributed by atoms with Crippen molar-refractivity contribution in [3.05, 3.63) is 107 Å². The average molecular weight is 459 g/mol. The zero-order valence-electron chi connectivity index (χ0n) is 18.0. The van der Waals surface area contributed by atoms with E-state index in [-0.39, 0.29) is 25.4 Å². The molecule has 0 amide bonds. The van der Waals surface area contributed by atoms with Gasteiger partial charge in [-0.2, -0.15) is 0 Å². The summed E-state index contributed by atoms with van der Waals surface area (Å²) in [5.74, 6) is -0.631. The number of quaternary nitrogens is 2. The maximum Gasteiger partial charge on any atom is 0.134 e. The minimum atomic E-state index is -0.247. The van der Waals surface area contributed by atoms with Gasteiger partial charge in [0.1, 0.15) is 49.8 Å². The average Bonchev–Trinajstić information content (AvgIpc) is 2.78. The fourth-order valence-electron chi connectivity index (χ4n) is 4.18. The van der Waals surface area contributed by atoms with E-state index in [0.717, 1.165) is 61.9 Å². The number of benzene rings is 3. The number of halogens is 3. The molecule has 3 nitrogen and oxygen atoms in total. The third-order valence-electron chi connectivity index (χ3n) is 5.66. The minimum absolute atomic E-state index is 0.207. The molecule has 0 spiro atoms. The van der Waals surface area contributed by atoms with E-state index in [0.29, 0.717) is 0 Å². The smallest absolute Gasteiger partial charge is 0.134 e. The lowest BCUT2D eigenvalue weighted by atomic mass is 10.2. The Morgan fingerprint density at radius 2 is 1.28 bits per heavy atom. The van der Waals surface area contributed by atoms with Crippen LogP contribution in [-0.4, -0.2) is 30.4 Å². The van der Waals surface area contributed by atoms with Gasteiger partial charge >= 0.3 is 0 Å². The molecule has 2 unspecified atom stereocenters. The first kappa shape index (κ1) is 22.9. The molecule has 0 aliphatic carbocycles. The first-order valence-electron chi connectivity index (χ1n) is 10.9.